The van der Waals surface area contributed by atoms with Crippen LogP contribution in [0.5, 0.6) is 0 Å². The van der Waals surface area contributed by atoms with Gasteiger partial charge in [0, 0.05) is 31.6 Å². The SMILES string of the molecule is Cc1nn2c(nc(N3CCCC(C(=O)N4CCOCC4)C3)c3ccccc32)c1Cl. The van der Waals surface area contributed by atoms with E-state index in [-0.39, 0.29) is 11.8 Å². The molecule has 1 aromatic carbocycles. The van der Waals surface area contributed by atoms with Crippen molar-refractivity contribution < 1.29 is 9.53 Å². The molecule has 2 aliphatic heterocycles. The van der Waals surface area contributed by atoms with Crippen LogP contribution in [0.2, 0.25) is 5.02 Å². The van der Waals surface area contributed by atoms with E-state index in [0.717, 1.165) is 41.8 Å². The molecule has 2 aromatic heterocycles. The number of fused-ring (bicyclic) bond motifs is 3. The Balaban J connectivity index is 1.52. The fourth-order valence-electron chi connectivity index (χ4n) is 4.42. The molecule has 2 aliphatic rings. The number of morpholine rings is 1. The van der Waals surface area contributed by atoms with Crippen LogP contribution in [0.25, 0.3) is 16.6 Å². The first-order valence-corrected chi connectivity index (χ1v) is 10.6. The number of hydrogen-bond acceptors (Lipinski definition) is 5. The number of aromatic nitrogens is 3. The van der Waals surface area contributed by atoms with Gasteiger partial charge in [0.25, 0.3) is 0 Å². The van der Waals surface area contributed by atoms with Crippen molar-refractivity contribution in [2.75, 3.05) is 44.3 Å². The van der Waals surface area contributed by atoms with Crippen molar-refractivity contribution in [2.24, 2.45) is 5.92 Å². The van der Waals surface area contributed by atoms with Crippen LogP contribution in [0.15, 0.2) is 24.3 Å². The summed E-state index contributed by atoms with van der Waals surface area (Å²) in [5, 5.41) is 6.17. The number of benzene rings is 1. The summed E-state index contributed by atoms with van der Waals surface area (Å²) in [7, 11) is 0. The van der Waals surface area contributed by atoms with E-state index in [9.17, 15) is 4.79 Å². The number of nitrogens with zero attached hydrogens (tertiary/aromatic N) is 5. The first-order valence-electron chi connectivity index (χ1n) is 10.2. The molecule has 8 heteroatoms. The summed E-state index contributed by atoms with van der Waals surface area (Å²) in [5.41, 5.74) is 2.41. The van der Waals surface area contributed by atoms with Crippen LogP contribution in [0.1, 0.15) is 18.5 Å². The predicted octanol–water partition coefficient (Wildman–Crippen LogP) is 2.92. The van der Waals surface area contributed by atoms with Gasteiger partial charge in [0.2, 0.25) is 5.91 Å². The van der Waals surface area contributed by atoms with Crippen LogP contribution < -0.4 is 4.90 Å². The van der Waals surface area contributed by atoms with Crippen LogP contribution in [-0.2, 0) is 9.53 Å². The van der Waals surface area contributed by atoms with E-state index in [4.69, 9.17) is 21.3 Å². The Hall–Kier alpha value is -2.38. The quantitative estimate of drug-likeness (QED) is 0.646. The van der Waals surface area contributed by atoms with Gasteiger partial charge in [-0.25, -0.2) is 9.50 Å². The molecule has 0 aliphatic carbocycles. The molecule has 7 nitrogen and oxygen atoms in total. The lowest BCUT2D eigenvalue weighted by molar-refractivity contribution is -0.139. The molecule has 0 bridgehead atoms. The van der Waals surface area contributed by atoms with Gasteiger partial charge in [-0.15, -0.1) is 0 Å². The number of amides is 1. The highest BCUT2D eigenvalue weighted by Gasteiger charge is 2.31. The van der Waals surface area contributed by atoms with Crippen molar-refractivity contribution in [3.63, 3.8) is 0 Å². The highest BCUT2D eigenvalue weighted by atomic mass is 35.5. The Morgan fingerprint density at radius 2 is 2.00 bits per heavy atom. The minimum Gasteiger partial charge on any atom is -0.378 e. The van der Waals surface area contributed by atoms with Crippen molar-refractivity contribution in [1.29, 1.82) is 0 Å². The summed E-state index contributed by atoms with van der Waals surface area (Å²) in [6, 6.07) is 8.11. The van der Waals surface area contributed by atoms with E-state index >= 15 is 0 Å². The Morgan fingerprint density at radius 1 is 1.21 bits per heavy atom. The van der Waals surface area contributed by atoms with Gasteiger partial charge >= 0.3 is 0 Å². The van der Waals surface area contributed by atoms with Crippen molar-refractivity contribution in [3.05, 3.63) is 35.0 Å². The number of anilines is 1. The third-order valence-electron chi connectivity index (χ3n) is 5.94. The number of rotatable bonds is 2. The number of para-hydroxylation sites is 1. The summed E-state index contributed by atoms with van der Waals surface area (Å²) < 4.78 is 7.21. The fraction of sp³-hybridized carbons (Fsp3) is 0.476. The second kappa shape index (κ2) is 7.46. The van der Waals surface area contributed by atoms with E-state index in [1.807, 2.05) is 34.5 Å². The molecule has 1 unspecified atom stereocenters. The molecule has 1 amide bonds. The molecule has 0 radical (unpaired) electrons. The lowest BCUT2D eigenvalue weighted by Crippen LogP contribution is -2.48. The summed E-state index contributed by atoms with van der Waals surface area (Å²) >= 11 is 6.50. The molecule has 2 saturated heterocycles. The second-order valence-electron chi connectivity index (χ2n) is 7.81. The Kier molecular flexibility index (Phi) is 4.80. The molecule has 1 atom stereocenters. The maximum absolute atomic E-state index is 13.1. The molecule has 4 heterocycles. The molecule has 0 N–H and O–H groups in total. The van der Waals surface area contributed by atoms with Gasteiger partial charge in [-0.05, 0) is 31.9 Å². The molecule has 2 fully saturated rings. The number of carbonyl (C=O) groups excluding carboxylic acids is 1. The maximum atomic E-state index is 13.1. The van der Waals surface area contributed by atoms with E-state index in [2.05, 4.69) is 16.1 Å². The molecular weight excluding hydrogens is 390 g/mol. The molecule has 0 spiro atoms. The summed E-state index contributed by atoms with van der Waals surface area (Å²) in [4.78, 5) is 22.1. The lowest BCUT2D eigenvalue weighted by Gasteiger charge is -2.37. The number of carbonyl (C=O) groups is 1. The van der Waals surface area contributed by atoms with Crippen LogP contribution >= 0.6 is 11.6 Å². The smallest absolute Gasteiger partial charge is 0.227 e. The number of hydrogen-bond donors (Lipinski definition) is 0. The minimum atomic E-state index is -0.0132. The molecule has 3 aromatic rings. The van der Waals surface area contributed by atoms with Crippen molar-refractivity contribution in [3.8, 4) is 0 Å². The number of aryl methyl sites for hydroxylation is 1. The van der Waals surface area contributed by atoms with Crippen LogP contribution in [0, 0.1) is 12.8 Å². The van der Waals surface area contributed by atoms with Crippen LogP contribution in [0.3, 0.4) is 0 Å². The van der Waals surface area contributed by atoms with Gasteiger partial charge in [0.1, 0.15) is 10.8 Å². The average Bonchev–Trinajstić information content (AvgIpc) is 3.07. The molecule has 152 valence electrons. The summed E-state index contributed by atoms with van der Waals surface area (Å²) in [6.45, 7) is 6.08. The first-order chi connectivity index (χ1) is 14.1. The van der Waals surface area contributed by atoms with Crippen molar-refractivity contribution in [1.82, 2.24) is 19.5 Å². The fourth-order valence-corrected chi connectivity index (χ4v) is 4.58. The normalized spacial score (nSPS) is 20.6. The number of halogens is 1. The predicted molar refractivity (Wildman–Crippen MR) is 113 cm³/mol. The molecular formula is C21H24ClN5O2. The molecule has 0 saturated carbocycles. The molecule has 29 heavy (non-hydrogen) atoms. The zero-order valence-corrected chi connectivity index (χ0v) is 17.2. The lowest BCUT2D eigenvalue weighted by atomic mass is 9.96. The summed E-state index contributed by atoms with van der Waals surface area (Å²) in [5.74, 6) is 1.11. The summed E-state index contributed by atoms with van der Waals surface area (Å²) in [6.07, 6.45) is 1.88. The van der Waals surface area contributed by atoms with Crippen molar-refractivity contribution >= 4 is 39.9 Å². The van der Waals surface area contributed by atoms with E-state index in [1.165, 1.54) is 0 Å². The van der Waals surface area contributed by atoms with Gasteiger partial charge < -0.3 is 14.5 Å². The Labute approximate surface area is 174 Å². The minimum absolute atomic E-state index is 0.0132. The van der Waals surface area contributed by atoms with Gasteiger partial charge in [0.15, 0.2) is 5.65 Å². The van der Waals surface area contributed by atoms with Gasteiger partial charge in [0.05, 0.1) is 30.3 Å². The van der Waals surface area contributed by atoms with E-state index < -0.39 is 0 Å². The standard InChI is InChI=1S/C21H24ClN5O2/c1-14-18(22)20-23-19(16-6-2-3-7-17(16)27(20)24-14)26-8-4-5-15(13-26)21(28)25-9-11-29-12-10-25/h2-3,6-7,15H,4-5,8-13H2,1H3. The second-order valence-corrected chi connectivity index (χ2v) is 8.19. The van der Waals surface area contributed by atoms with E-state index in [0.29, 0.717) is 43.5 Å². The highest BCUT2D eigenvalue weighted by molar-refractivity contribution is 6.34. The average molecular weight is 414 g/mol. The monoisotopic (exact) mass is 413 g/mol. The number of ether oxygens (including phenoxy) is 1. The third kappa shape index (κ3) is 3.22. The van der Waals surface area contributed by atoms with Gasteiger partial charge in [-0.1, -0.05) is 23.7 Å². The zero-order valence-electron chi connectivity index (χ0n) is 16.5. The highest BCUT2D eigenvalue weighted by Crippen LogP contribution is 2.32. The Bertz CT molecular complexity index is 1080. The van der Waals surface area contributed by atoms with E-state index in [1.54, 1.807) is 0 Å². The topological polar surface area (TPSA) is 63.0 Å². The maximum Gasteiger partial charge on any atom is 0.227 e. The third-order valence-corrected chi connectivity index (χ3v) is 6.38. The largest absolute Gasteiger partial charge is 0.378 e. The van der Waals surface area contributed by atoms with Crippen molar-refractivity contribution in [2.45, 2.75) is 19.8 Å². The van der Waals surface area contributed by atoms with Gasteiger partial charge in [-0.2, -0.15) is 5.10 Å². The first kappa shape index (κ1) is 18.6. The van der Waals surface area contributed by atoms with Gasteiger partial charge in [-0.3, -0.25) is 4.79 Å². The zero-order chi connectivity index (χ0) is 20.0. The van der Waals surface area contributed by atoms with Crippen LogP contribution in [-0.4, -0.2) is 64.8 Å². The van der Waals surface area contributed by atoms with Crippen LogP contribution in [0.4, 0.5) is 5.82 Å². The Morgan fingerprint density at radius 3 is 2.83 bits per heavy atom. The number of piperidine rings is 1. The molecule has 5 rings (SSSR count).